The number of nitrogens with zero attached hydrogens (tertiary/aromatic N) is 1. The number of amides is 1. The van der Waals surface area contributed by atoms with Crippen LogP contribution in [-0.4, -0.2) is 43.0 Å². The number of ether oxygens (including phenoxy) is 1. The minimum atomic E-state index is -0.440. The topological polar surface area (TPSA) is 72.6 Å². The quantitative estimate of drug-likeness (QED) is 0.726. The van der Waals surface area contributed by atoms with Crippen LogP contribution in [0.25, 0.3) is 0 Å². The number of likely N-dealkylation sites (tertiary alicyclic amines) is 1. The van der Waals surface area contributed by atoms with Gasteiger partial charge in [0.15, 0.2) is 0 Å². The number of hydrogen-bond acceptors (Lipinski definition) is 4. The molecule has 1 saturated heterocycles. The third-order valence-corrected chi connectivity index (χ3v) is 3.34. The maximum absolute atomic E-state index is 12.0. The number of hydrogen-bond donors (Lipinski definition) is 1. The standard InChI is InChI=1S/C12H22N2O3/c1-8(2)10(13)11(15)14-6-4-9(5-7-14)12(16)17-3/h8-10H,4-7,13H2,1-3H3/t10-/m1/s1. The average Bonchev–Trinajstić information content (AvgIpc) is 2.36. The monoisotopic (exact) mass is 242 g/mol. The van der Waals surface area contributed by atoms with Gasteiger partial charge in [0, 0.05) is 13.1 Å². The summed E-state index contributed by atoms with van der Waals surface area (Å²) in [6.07, 6.45) is 1.34. The van der Waals surface area contributed by atoms with Gasteiger partial charge in [-0.2, -0.15) is 0 Å². The van der Waals surface area contributed by atoms with Crippen LogP contribution in [0.2, 0.25) is 0 Å². The van der Waals surface area contributed by atoms with Crippen LogP contribution in [0, 0.1) is 11.8 Å². The van der Waals surface area contributed by atoms with Crippen molar-refractivity contribution in [3.8, 4) is 0 Å². The summed E-state index contributed by atoms with van der Waals surface area (Å²) < 4.78 is 4.70. The average molecular weight is 242 g/mol. The summed E-state index contributed by atoms with van der Waals surface area (Å²) in [5.41, 5.74) is 5.83. The number of carbonyl (C=O) groups excluding carboxylic acids is 2. The highest BCUT2D eigenvalue weighted by atomic mass is 16.5. The molecule has 2 N–H and O–H groups in total. The molecule has 0 aliphatic carbocycles. The van der Waals surface area contributed by atoms with Gasteiger partial charge in [-0.25, -0.2) is 0 Å². The maximum Gasteiger partial charge on any atom is 0.308 e. The Morgan fingerprint density at radius 2 is 1.82 bits per heavy atom. The highest BCUT2D eigenvalue weighted by molar-refractivity contribution is 5.82. The Balaban J connectivity index is 2.47. The highest BCUT2D eigenvalue weighted by Crippen LogP contribution is 2.19. The van der Waals surface area contributed by atoms with Crippen molar-refractivity contribution in [2.45, 2.75) is 32.7 Å². The van der Waals surface area contributed by atoms with Gasteiger partial charge in [0.05, 0.1) is 19.1 Å². The second-order valence-electron chi connectivity index (χ2n) is 4.89. The van der Waals surface area contributed by atoms with Crippen molar-refractivity contribution in [2.75, 3.05) is 20.2 Å². The van der Waals surface area contributed by atoms with E-state index in [2.05, 4.69) is 0 Å². The summed E-state index contributed by atoms with van der Waals surface area (Å²) in [6, 6.07) is -0.440. The van der Waals surface area contributed by atoms with E-state index in [1.54, 1.807) is 4.90 Å². The largest absolute Gasteiger partial charge is 0.469 e. The molecule has 0 saturated carbocycles. The molecule has 98 valence electrons. The molecule has 0 aromatic rings. The van der Waals surface area contributed by atoms with Crippen molar-refractivity contribution < 1.29 is 14.3 Å². The van der Waals surface area contributed by atoms with Gasteiger partial charge in [0.2, 0.25) is 5.91 Å². The van der Waals surface area contributed by atoms with E-state index >= 15 is 0 Å². The lowest BCUT2D eigenvalue weighted by Crippen LogP contribution is -2.49. The fourth-order valence-corrected chi connectivity index (χ4v) is 2.00. The Morgan fingerprint density at radius 3 is 2.24 bits per heavy atom. The number of carbonyl (C=O) groups is 2. The fraction of sp³-hybridized carbons (Fsp3) is 0.833. The van der Waals surface area contributed by atoms with Crippen LogP contribution < -0.4 is 5.73 Å². The molecule has 1 atom stereocenters. The van der Waals surface area contributed by atoms with Crippen molar-refractivity contribution in [1.82, 2.24) is 4.90 Å². The lowest BCUT2D eigenvalue weighted by atomic mass is 9.95. The lowest BCUT2D eigenvalue weighted by Gasteiger charge is -2.33. The van der Waals surface area contributed by atoms with E-state index in [1.807, 2.05) is 13.8 Å². The lowest BCUT2D eigenvalue weighted by molar-refractivity contribution is -0.149. The minimum absolute atomic E-state index is 0.0108. The molecule has 5 heteroatoms. The molecular formula is C12H22N2O3. The van der Waals surface area contributed by atoms with E-state index in [0.717, 1.165) is 0 Å². The zero-order chi connectivity index (χ0) is 13.0. The van der Waals surface area contributed by atoms with Crippen LogP contribution in [-0.2, 0) is 14.3 Å². The Labute approximate surface area is 102 Å². The van der Waals surface area contributed by atoms with E-state index in [0.29, 0.717) is 25.9 Å². The predicted molar refractivity (Wildman–Crippen MR) is 64.1 cm³/mol. The first-order valence-corrected chi connectivity index (χ1v) is 6.09. The van der Waals surface area contributed by atoms with Crippen molar-refractivity contribution >= 4 is 11.9 Å². The van der Waals surface area contributed by atoms with Gasteiger partial charge < -0.3 is 15.4 Å². The molecule has 0 unspecified atom stereocenters. The van der Waals surface area contributed by atoms with E-state index in [4.69, 9.17) is 10.5 Å². The van der Waals surface area contributed by atoms with E-state index in [-0.39, 0.29) is 23.7 Å². The van der Waals surface area contributed by atoms with Crippen LogP contribution >= 0.6 is 0 Å². The van der Waals surface area contributed by atoms with Crippen LogP contribution in [0.1, 0.15) is 26.7 Å². The molecular weight excluding hydrogens is 220 g/mol. The Kier molecular flexibility index (Phi) is 4.93. The van der Waals surface area contributed by atoms with Crippen molar-refractivity contribution in [1.29, 1.82) is 0 Å². The molecule has 1 aliphatic rings. The Morgan fingerprint density at radius 1 is 1.29 bits per heavy atom. The maximum atomic E-state index is 12.0. The highest BCUT2D eigenvalue weighted by Gasteiger charge is 2.30. The van der Waals surface area contributed by atoms with Gasteiger partial charge in [-0.3, -0.25) is 9.59 Å². The SMILES string of the molecule is COC(=O)C1CCN(C(=O)[C@H](N)C(C)C)CC1. The van der Waals surface area contributed by atoms with Gasteiger partial charge in [-0.15, -0.1) is 0 Å². The second kappa shape index (κ2) is 6.00. The molecule has 1 fully saturated rings. The van der Waals surface area contributed by atoms with Crippen molar-refractivity contribution in [2.24, 2.45) is 17.6 Å². The zero-order valence-corrected chi connectivity index (χ0v) is 10.8. The molecule has 1 heterocycles. The van der Waals surface area contributed by atoms with Crippen LogP contribution in [0.15, 0.2) is 0 Å². The van der Waals surface area contributed by atoms with Crippen LogP contribution in [0.3, 0.4) is 0 Å². The van der Waals surface area contributed by atoms with Gasteiger partial charge >= 0.3 is 5.97 Å². The molecule has 1 amide bonds. The molecule has 0 spiro atoms. The summed E-state index contributed by atoms with van der Waals surface area (Å²) >= 11 is 0. The third-order valence-electron chi connectivity index (χ3n) is 3.34. The second-order valence-corrected chi connectivity index (χ2v) is 4.89. The predicted octanol–water partition coefficient (Wildman–Crippen LogP) is 0.381. The first-order chi connectivity index (χ1) is 7.97. The van der Waals surface area contributed by atoms with Crippen LogP contribution in [0.5, 0.6) is 0 Å². The van der Waals surface area contributed by atoms with Gasteiger partial charge in [0.25, 0.3) is 0 Å². The summed E-state index contributed by atoms with van der Waals surface area (Å²) in [7, 11) is 1.40. The van der Waals surface area contributed by atoms with Gasteiger partial charge in [-0.05, 0) is 18.8 Å². The van der Waals surface area contributed by atoms with Crippen molar-refractivity contribution in [3.63, 3.8) is 0 Å². The van der Waals surface area contributed by atoms with E-state index in [9.17, 15) is 9.59 Å². The van der Waals surface area contributed by atoms with Crippen LogP contribution in [0.4, 0.5) is 0 Å². The molecule has 1 rings (SSSR count). The summed E-state index contributed by atoms with van der Waals surface area (Å²) in [6.45, 7) is 5.06. The van der Waals surface area contributed by atoms with Crippen molar-refractivity contribution in [3.05, 3.63) is 0 Å². The third kappa shape index (κ3) is 3.43. The summed E-state index contributed by atoms with van der Waals surface area (Å²) in [5, 5.41) is 0. The number of rotatable bonds is 3. The molecule has 0 bridgehead atoms. The molecule has 0 aromatic carbocycles. The number of esters is 1. The number of nitrogens with two attached hydrogens (primary N) is 1. The molecule has 1 aliphatic heterocycles. The smallest absolute Gasteiger partial charge is 0.308 e. The zero-order valence-electron chi connectivity index (χ0n) is 10.8. The fourth-order valence-electron chi connectivity index (χ4n) is 2.00. The minimum Gasteiger partial charge on any atom is -0.469 e. The normalized spacial score (nSPS) is 19.2. The first-order valence-electron chi connectivity index (χ1n) is 6.09. The first kappa shape index (κ1) is 14.0. The number of piperidine rings is 1. The Bertz CT molecular complexity index is 283. The molecule has 0 aromatic heterocycles. The van der Waals surface area contributed by atoms with Gasteiger partial charge in [0.1, 0.15) is 0 Å². The molecule has 17 heavy (non-hydrogen) atoms. The van der Waals surface area contributed by atoms with E-state index in [1.165, 1.54) is 7.11 Å². The van der Waals surface area contributed by atoms with E-state index < -0.39 is 6.04 Å². The summed E-state index contributed by atoms with van der Waals surface area (Å²) in [5.74, 6) is -0.117. The molecule has 0 radical (unpaired) electrons. The summed E-state index contributed by atoms with van der Waals surface area (Å²) in [4.78, 5) is 25.1. The Hall–Kier alpha value is -1.10. The number of methoxy groups -OCH3 is 1. The molecule has 5 nitrogen and oxygen atoms in total. The van der Waals surface area contributed by atoms with Gasteiger partial charge in [-0.1, -0.05) is 13.8 Å².